The summed E-state index contributed by atoms with van der Waals surface area (Å²) in [6, 6.07) is 7.79. The van der Waals surface area contributed by atoms with Gasteiger partial charge < -0.3 is 51.0 Å². The number of sulfone groups is 1. The normalized spacial score (nSPS) is 19.4. The largest absolute Gasteiger partial charge is 0.391 e. The Kier molecular flexibility index (Phi) is 15.8. The van der Waals surface area contributed by atoms with E-state index in [2.05, 4.69) is 40.6 Å². The van der Waals surface area contributed by atoms with Crippen LogP contribution in [0.15, 0.2) is 53.0 Å². The number of nitrogens with zero attached hydrogens (tertiary/aromatic N) is 6. The molecule has 0 aliphatic carbocycles. The molecule has 4 amide bonds. The van der Waals surface area contributed by atoms with Gasteiger partial charge in [-0.25, -0.2) is 13.4 Å². The van der Waals surface area contributed by atoms with Crippen LogP contribution in [0, 0.1) is 18.3 Å². The molecule has 0 radical (unpaired) electrons. The fraction of sp³-hybridized carbons (Fsp3) is 0.519. The lowest BCUT2D eigenvalue weighted by Crippen LogP contribution is -2.59. The number of aromatic nitrogens is 3. The Morgan fingerprint density at radius 3 is 2.36 bits per heavy atom. The zero-order valence-corrected chi connectivity index (χ0v) is 45.5. The number of pyridine rings is 1. The number of piperazine rings is 1. The maximum absolute atomic E-state index is 14.3. The number of amides is 4. The molecule has 9 rings (SSSR count). The molecule has 3 saturated heterocycles. The van der Waals surface area contributed by atoms with E-state index >= 15 is 0 Å². The van der Waals surface area contributed by atoms with Gasteiger partial charge in [0.15, 0.2) is 9.84 Å². The molecule has 3 aromatic heterocycles. The van der Waals surface area contributed by atoms with Crippen LogP contribution in [-0.2, 0) is 56.5 Å². The summed E-state index contributed by atoms with van der Waals surface area (Å²) in [5.74, 6) is -1.59. The summed E-state index contributed by atoms with van der Waals surface area (Å²) in [6.45, 7) is 14.7. The molecule has 4 aliphatic heterocycles. The molecule has 75 heavy (non-hydrogen) atoms. The number of aliphatic hydroxyl groups is 1. The fourth-order valence-electron chi connectivity index (χ4n) is 11.5. The van der Waals surface area contributed by atoms with Crippen molar-refractivity contribution in [1.82, 2.24) is 44.8 Å². The number of thiazole rings is 1. The number of aliphatic hydroxyl groups excluding tert-OH is 1. The van der Waals surface area contributed by atoms with E-state index in [9.17, 15) is 37.5 Å². The number of anilines is 1. The molecule has 0 unspecified atom stereocenters. The highest BCUT2D eigenvalue weighted by Gasteiger charge is 2.45. The van der Waals surface area contributed by atoms with Crippen molar-refractivity contribution in [3.05, 3.63) is 92.1 Å². The van der Waals surface area contributed by atoms with Gasteiger partial charge >= 0.3 is 0 Å². The first kappa shape index (κ1) is 53.8. The second kappa shape index (κ2) is 21.9. The summed E-state index contributed by atoms with van der Waals surface area (Å²) in [5.41, 5.74) is 14.8. The van der Waals surface area contributed by atoms with Crippen LogP contribution in [0.3, 0.4) is 0 Å². The lowest BCUT2D eigenvalue weighted by atomic mass is 9.85. The van der Waals surface area contributed by atoms with Gasteiger partial charge in [-0.3, -0.25) is 28.9 Å². The summed E-state index contributed by atoms with van der Waals surface area (Å²) in [7, 11) is -1.89. The predicted octanol–water partition coefficient (Wildman–Crippen LogP) is 3.22. The molecule has 21 heteroatoms. The van der Waals surface area contributed by atoms with Crippen molar-refractivity contribution in [2.24, 2.45) is 24.1 Å². The summed E-state index contributed by atoms with van der Waals surface area (Å²) < 4.78 is 27.4. The van der Waals surface area contributed by atoms with E-state index in [1.807, 2.05) is 63.7 Å². The van der Waals surface area contributed by atoms with Crippen LogP contribution in [0.2, 0.25) is 0 Å². The number of aryl methyl sites for hydroxylation is 2. The smallest absolute Gasteiger partial charge is 0.274 e. The Morgan fingerprint density at radius 1 is 1.00 bits per heavy atom. The van der Waals surface area contributed by atoms with Gasteiger partial charge in [0, 0.05) is 119 Å². The predicted molar refractivity (Wildman–Crippen MR) is 291 cm³/mol. The Morgan fingerprint density at radius 2 is 1.71 bits per heavy atom. The Bertz CT molecular complexity index is 3150. The highest BCUT2D eigenvalue weighted by atomic mass is 32.2. The lowest BCUT2D eigenvalue weighted by Gasteiger charge is -2.39. The monoisotopic (exact) mass is 1070 g/mol. The van der Waals surface area contributed by atoms with Crippen molar-refractivity contribution in [1.29, 1.82) is 0 Å². The standard InChI is InChI=1S/C54H71N11O8S2/c1-32-48(74-31-59-32)35-9-7-33(8-10-35)23-58-51(69)43-21-37(66)27-65(43)53(71)49(54(2,3)4)60-44(67)29-64-19-17-63(18-20-64)26-34-11-14-62(15-12-34)16-13-38-41(30-75(6,72)73)39(50(55)68)22-42-46(38)40-28-61(5)52(70)47-45(40)36(24-56-42)25-57-47/h7-10,22,25,28,31,34,37,43,49,56-57,66H,11-21,23-24,26-27,29-30H2,1-6H3,(H2,55,68)(H,58,69)(H,60,67)/t37-,43+,49-/m1/s1. The van der Waals surface area contributed by atoms with Gasteiger partial charge in [0.05, 0.1) is 34.5 Å². The Balaban J connectivity index is 0.767. The molecule has 2 aromatic carbocycles. The highest BCUT2D eigenvalue weighted by Crippen LogP contribution is 2.43. The fourth-order valence-corrected chi connectivity index (χ4v) is 13.1. The van der Waals surface area contributed by atoms with Crippen LogP contribution in [0.1, 0.15) is 78.3 Å². The van der Waals surface area contributed by atoms with E-state index in [0.717, 1.165) is 101 Å². The van der Waals surface area contributed by atoms with E-state index in [4.69, 9.17) is 5.73 Å². The molecular weight excluding hydrogens is 995 g/mol. The minimum absolute atomic E-state index is 0.00174. The van der Waals surface area contributed by atoms with Gasteiger partial charge in [0.25, 0.3) is 5.56 Å². The van der Waals surface area contributed by atoms with Crippen molar-refractivity contribution < 1.29 is 32.7 Å². The number of H-pyrrole nitrogens is 1. The van der Waals surface area contributed by atoms with Gasteiger partial charge in [-0.1, -0.05) is 45.0 Å². The first-order valence-corrected chi connectivity index (χ1v) is 28.9. The van der Waals surface area contributed by atoms with E-state index in [0.29, 0.717) is 55.3 Å². The number of carbonyl (C=O) groups excluding carboxylic acids is 4. The maximum atomic E-state index is 14.3. The van der Waals surface area contributed by atoms with E-state index in [-0.39, 0.29) is 54.7 Å². The number of hydrogen-bond donors (Lipinski definition) is 6. The van der Waals surface area contributed by atoms with Crippen LogP contribution >= 0.6 is 11.3 Å². The summed E-state index contributed by atoms with van der Waals surface area (Å²) >= 11 is 1.58. The summed E-state index contributed by atoms with van der Waals surface area (Å²) in [4.78, 5) is 84.7. The minimum Gasteiger partial charge on any atom is -0.391 e. The quantitative estimate of drug-likeness (QED) is 0.0833. The number of nitrogens with one attached hydrogen (secondary N) is 4. The van der Waals surface area contributed by atoms with Crippen molar-refractivity contribution in [2.45, 2.75) is 90.4 Å². The van der Waals surface area contributed by atoms with Crippen LogP contribution < -0.4 is 27.2 Å². The zero-order chi connectivity index (χ0) is 53.5. The first-order valence-electron chi connectivity index (χ1n) is 25.9. The third-order valence-electron chi connectivity index (χ3n) is 15.5. The number of nitrogens with two attached hydrogens (primary N) is 1. The third kappa shape index (κ3) is 12.0. The van der Waals surface area contributed by atoms with Gasteiger partial charge in [-0.2, -0.15) is 0 Å². The molecule has 19 nitrogen and oxygen atoms in total. The molecule has 0 spiro atoms. The molecule has 4 aliphatic rings. The molecule has 402 valence electrons. The number of rotatable bonds is 16. The molecule has 7 N–H and O–H groups in total. The van der Waals surface area contributed by atoms with Crippen molar-refractivity contribution in [2.75, 3.05) is 77.0 Å². The van der Waals surface area contributed by atoms with E-state index in [1.165, 1.54) is 9.47 Å². The van der Waals surface area contributed by atoms with E-state index < -0.39 is 45.3 Å². The Hall–Kier alpha value is -5.97. The Labute approximate surface area is 442 Å². The number of primary amides is 1. The van der Waals surface area contributed by atoms with Crippen molar-refractivity contribution in [3.8, 4) is 21.6 Å². The average Bonchev–Trinajstić information content (AvgIpc) is 4.08. The van der Waals surface area contributed by atoms with Gasteiger partial charge in [-0.15, -0.1) is 11.3 Å². The van der Waals surface area contributed by atoms with Gasteiger partial charge in [0.1, 0.15) is 17.6 Å². The van der Waals surface area contributed by atoms with Crippen LogP contribution in [0.25, 0.3) is 32.5 Å². The second-order valence-corrected chi connectivity index (χ2v) is 25.2. The highest BCUT2D eigenvalue weighted by molar-refractivity contribution is 7.89. The third-order valence-corrected chi connectivity index (χ3v) is 17.3. The van der Waals surface area contributed by atoms with Gasteiger partial charge in [-0.05, 0) is 84.5 Å². The number of β-amino-alcohol motifs (C(OH)–C–C–N with tert-alkyl or cyclic N) is 1. The topological polar surface area (TPSA) is 248 Å². The molecule has 5 aromatic rings. The number of likely N-dealkylation sites (tertiary alicyclic amines) is 2. The molecule has 3 fully saturated rings. The number of carbonyl (C=O) groups is 4. The van der Waals surface area contributed by atoms with Crippen LogP contribution in [-0.4, -0.2) is 161 Å². The molecule has 7 heterocycles. The number of hydrogen-bond acceptors (Lipinski definition) is 14. The first-order chi connectivity index (χ1) is 35.6. The second-order valence-electron chi connectivity index (χ2n) is 22.2. The van der Waals surface area contributed by atoms with E-state index in [1.54, 1.807) is 30.6 Å². The number of aromatic amines is 1. The van der Waals surface area contributed by atoms with Crippen molar-refractivity contribution in [3.63, 3.8) is 0 Å². The SMILES string of the molecule is Cc1ncsc1-c1ccc(CNC(=O)[C@@H]2C[C@@H](O)CN2C(=O)[C@@H](NC(=O)CN2CCN(CC3CCN(CCc4c(CS(C)(=O)=O)c(C(N)=O)cc5c4-c4cn(C)c(=O)c6[nH]cc(c46)CN5)CC3)CC2)C(C)(C)C)cc1. The zero-order valence-electron chi connectivity index (χ0n) is 43.8. The lowest BCUT2D eigenvalue weighted by molar-refractivity contribution is -0.144. The number of piperidine rings is 1. The molecule has 0 saturated carbocycles. The minimum atomic E-state index is -3.58. The summed E-state index contributed by atoms with van der Waals surface area (Å²) in [5, 5.41) is 20.9. The van der Waals surface area contributed by atoms with Crippen LogP contribution in [0.4, 0.5) is 5.69 Å². The molecule has 0 bridgehead atoms. The summed E-state index contributed by atoms with van der Waals surface area (Å²) in [6.07, 6.45) is 6.44. The van der Waals surface area contributed by atoms with Gasteiger partial charge in [0.2, 0.25) is 23.6 Å². The number of fused-ring (bicyclic) bond motifs is 2. The van der Waals surface area contributed by atoms with Crippen molar-refractivity contribution >= 4 is 61.4 Å². The number of benzene rings is 2. The average molecular weight is 1070 g/mol. The molecular formula is C54H71N11O8S2. The van der Waals surface area contributed by atoms with Crippen LogP contribution in [0.5, 0.6) is 0 Å². The molecule has 3 atom stereocenters. The maximum Gasteiger partial charge on any atom is 0.274 e.